The molecule has 0 saturated heterocycles. The zero-order valence-electron chi connectivity index (χ0n) is 9.77. The number of carbonyl (C=O) groups is 1. The van der Waals surface area contributed by atoms with E-state index in [-0.39, 0.29) is 5.91 Å². The first-order chi connectivity index (χ1) is 8.13. The summed E-state index contributed by atoms with van der Waals surface area (Å²) >= 11 is 5.90. The lowest BCUT2D eigenvalue weighted by Gasteiger charge is -2.32. The molecule has 1 heterocycles. The second kappa shape index (κ2) is 4.94. The highest BCUT2D eigenvalue weighted by Crippen LogP contribution is 2.35. The predicted molar refractivity (Wildman–Crippen MR) is 65.8 cm³/mol. The van der Waals surface area contributed by atoms with Crippen molar-refractivity contribution in [1.29, 1.82) is 0 Å². The third-order valence-electron chi connectivity index (χ3n) is 2.65. The van der Waals surface area contributed by atoms with Gasteiger partial charge in [-0.1, -0.05) is 11.6 Å². The zero-order valence-corrected chi connectivity index (χ0v) is 10.5. The highest BCUT2D eigenvalue weighted by Gasteiger charge is 2.31. The van der Waals surface area contributed by atoms with Crippen LogP contribution >= 0.6 is 11.6 Å². The Labute approximate surface area is 105 Å². The van der Waals surface area contributed by atoms with Crippen LogP contribution in [-0.4, -0.2) is 32.3 Å². The molecule has 1 aliphatic heterocycles. The van der Waals surface area contributed by atoms with Crippen LogP contribution in [-0.2, 0) is 9.53 Å². The number of amides is 1. The van der Waals surface area contributed by atoms with Gasteiger partial charge in [0.25, 0.3) is 5.91 Å². The molecule has 0 saturated carbocycles. The van der Waals surface area contributed by atoms with Gasteiger partial charge < -0.3 is 14.4 Å². The van der Waals surface area contributed by atoms with Crippen molar-refractivity contribution in [2.24, 2.45) is 0 Å². The van der Waals surface area contributed by atoms with Crippen LogP contribution in [0.5, 0.6) is 5.75 Å². The summed E-state index contributed by atoms with van der Waals surface area (Å²) in [6.07, 6.45) is -0.488. The standard InChI is InChI=1S/C12H14ClNO3/c1-8-12(15)14(5-6-16-2)10-4-3-9(13)7-11(10)17-8/h3-4,7-8H,5-6H2,1-2H3. The topological polar surface area (TPSA) is 38.8 Å². The summed E-state index contributed by atoms with van der Waals surface area (Å²) in [6.45, 7) is 2.73. The van der Waals surface area contributed by atoms with Gasteiger partial charge >= 0.3 is 0 Å². The van der Waals surface area contributed by atoms with Gasteiger partial charge in [0.05, 0.1) is 12.3 Å². The fourth-order valence-electron chi connectivity index (χ4n) is 1.80. The monoisotopic (exact) mass is 255 g/mol. The largest absolute Gasteiger partial charge is 0.479 e. The molecule has 0 aliphatic carbocycles. The third kappa shape index (κ3) is 2.37. The highest BCUT2D eigenvalue weighted by molar-refractivity contribution is 6.30. The number of fused-ring (bicyclic) bond motifs is 1. The lowest BCUT2D eigenvalue weighted by molar-refractivity contribution is -0.125. The van der Waals surface area contributed by atoms with Crippen molar-refractivity contribution in [3.8, 4) is 5.75 Å². The first-order valence-electron chi connectivity index (χ1n) is 5.40. The minimum Gasteiger partial charge on any atom is -0.479 e. The molecule has 1 aromatic rings. The quantitative estimate of drug-likeness (QED) is 0.830. The van der Waals surface area contributed by atoms with E-state index in [2.05, 4.69) is 0 Å². The average molecular weight is 256 g/mol. The summed E-state index contributed by atoms with van der Waals surface area (Å²) in [5.74, 6) is 0.581. The Hall–Kier alpha value is -1.26. The van der Waals surface area contributed by atoms with Crippen molar-refractivity contribution in [3.63, 3.8) is 0 Å². The summed E-state index contributed by atoms with van der Waals surface area (Å²) in [5.41, 5.74) is 0.745. The number of carbonyl (C=O) groups excluding carboxylic acids is 1. The minimum absolute atomic E-state index is 0.0585. The molecule has 4 nitrogen and oxygen atoms in total. The Balaban J connectivity index is 2.34. The number of methoxy groups -OCH3 is 1. The average Bonchev–Trinajstić information content (AvgIpc) is 2.30. The Bertz CT molecular complexity index is 436. The summed E-state index contributed by atoms with van der Waals surface area (Å²) in [7, 11) is 1.61. The first kappa shape index (κ1) is 12.2. The van der Waals surface area contributed by atoms with E-state index in [1.54, 1.807) is 37.1 Å². The van der Waals surface area contributed by atoms with Crippen LogP contribution in [0, 0.1) is 0 Å². The van der Waals surface area contributed by atoms with Gasteiger partial charge in [-0.25, -0.2) is 0 Å². The molecule has 1 atom stereocenters. The van der Waals surface area contributed by atoms with E-state index in [1.165, 1.54) is 0 Å². The van der Waals surface area contributed by atoms with Gasteiger partial charge in [-0.3, -0.25) is 4.79 Å². The predicted octanol–water partition coefficient (Wildman–Crippen LogP) is 2.10. The van der Waals surface area contributed by atoms with Crippen LogP contribution in [0.2, 0.25) is 5.02 Å². The molecule has 0 spiro atoms. The first-order valence-corrected chi connectivity index (χ1v) is 5.78. The lowest BCUT2D eigenvalue weighted by Crippen LogP contribution is -2.45. The molecule has 0 radical (unpaired) electrons. The van der Waals surface area contributed by atoms with Crippen molar-refractivity contribution in [2.45, 2.75) is 13.0 Å². The van der Waals surface area contributed by atoms with Crippen molar-refractivity contribution in [2.75, 3.05) is 25.2 Å². The zero-order chi connectivity index (χ0) is 12.4. The molecular weight excluding hydrogens is 242 g/mol. The Morgan fingerprint density at radius 3 is 3.00 bits per heavy atom. The van der Waals surface area contributed by atoms with Crippen molar-refractivity contribution >= 4 is 23.2 Å². The number of anilines is 1. The summed E-state index contributed by atoms with van der Waals surface area (Å²) in [4.78, 5) is 13.7. The van der Waals surface area contributed by atoms with E-state index in [1.807, 2.05) is 0 Å². The molecule has 5 heteroatoms. The maximum Gasteiger partial charge on any atom is 0.267 e. The van der Waals surface area contributed by atoms with Gasteiger partial charge in [-0.2, -0.15) is 0 Å². The maximum absolute atomic E-state index is 12.0. The number of nitrogens with zero attached hydrogens (tertiary/aromatic N) is 1. The van der Waals surface area contributed by atoms with Crippen molar-refractivity contribution in [3.05, 3.63) is 23.2 Å². The highest BCUT2D eigenvalue weighted by atomic mass is 35.5. The van der Waals surface area contributed by atoms with Crippen LogP contribution in [0.3, 0.4) is 0 Å². The van der Waals surface area contributed by atoms with E-state index in [0.29, 0.717) is 23.9 Å². The van der Waals surface area contributed by atoms with Crippen LogP contribution in [0.4, 0.5) is 5.69 Å². The second-order valence-corrected chi connectivity index (χ2v) is 4.29. The van der Waals surface area contributed by atoms with Crippen LogP contribution in [0.15, 0.2) is 18.2 Å². The van der Waals surface area contributed by atoms with E-state index in [9.17, 15) is 4.79 Å². The molecule has 0 N–H and O–H groups in total. The number of ether oxygens (including phenoxy) is 2. The van der Waals surface area contributed by atoms with Crippen LogP contribution in [0.25, 0.3) is 0 Å². The number of hydrogen-bond donors (Lipinski definition) is 0. The molecule has 1 aromatic carbocycles. The van der Waals surface area contributed by atoms with Crippen LogP contribution in [0.1, 0.15) is 6.92 Å². The van der Waals surface area contributed by atoms with E-state index >= 15 is 0 Å². The molecule has 2 rings (SSSR count). The molecule has 1 amide bonds. The third-order valence-corrected chi connectivity index (χ3v) is 2.88. The SMILES string of the molecule is COCCN1C(=O)C(C)Oc2cc(Cl)ccc21. The number of halogens is 1. The molecule has 1 aliphatic rings. The van der Waals surface area contributed by atoms with Gasteiger partial charge in [-0.15, -0.1) is 0 Å². The molecule has 1 unspecified atom stereocenters. The Morgan fingerprint density at radius 1 is 1.53 bits per heavy atom. The molecule has 0 fully saturated rings. The molecule has 17 heavy (non-hydrogen) atoms. The van der Waals surface area contributed by atoms with Gasteiger partial charge in [0.1, 0.15) is 5.75 Å². The Kier molecular flexibility index (Phi) is 3.54. The molecule has 0 aromatic heterocycles. The smallest absolute Gasteiger partial charge is 0.267 e. The molecular formula is C12H14ClNO3. The Morgan fingerprint density at radius 2 is 2.29 bits per heavy atom. The fraction of sp³-hybridized carbons (Fsp3) is 0.417. The number of hydrogen-bond acceptors (Lipinski definition) is 3. The second-order valence-electron chi connectivity index (χ2n) is 3.85. The van der Waals surface area contributed by atoms with Crippen LogP contribution < -0.4 is 9.64 Å². The normalized spacial score (nSPS) is 18.9. The number of benzene rings is 1. The minimum atomic E-state index is -0.488. The summed E-state index contributed by atoms with van der Waals surface area (Å²) in [5, 5.41) is 0.594. The van der Waals surface area contributed by atoms with Crippen molar-refractivity contribution in [1.82, 2.24) is 0 Å². The summed E-state index contributed by atoms with van der Waals surface area (Å²) in [6, 6.07) is 5.25. The lowest BCUT2D eigenvalue weighted by atomic mass is 10.2. The maximum atomic E-state index is 12.0. The fourth-order valence-corrected chi connectivity index (χ4v) is 1.96. The van der Waals surface area contributed by atoms with E-state index in [4.69, 9.17) is 21.1 Å². The molecule has 0 bridgehead atoms. The molecule has 92 valence electrons. The van der Waals surface area contributed by atoms with Gasteiger partial charge in [-0.05, 0) is 19.1 Å². The summed E-state index contributed by atoms with van der Waals surface area (Å²) < 4.78 is 10.5. The van der Waals surface area contributed by atoms with Gasteiger partial charge in [0.15, 0.2) is 6.10 Å². The van der Waals surface area contributed by atoms with E-state index < -0.39 is 6.10 Å². The van der Waals surface area contributed by atoms with E-state index in [0.717, 1.165) is 5.69 Å². The van der Waals surface area contributed by atoms with Gasteiger partial charge in [0.2, 0.25) is 0 Å². The number of rotatable bonds is 3. The van der Waals surface area contributed by atoms with Crippen molar-refractivity contribution < 1.29 is 14.3 Å². The van der Waals surface area contributed by atoms with Gasteiger partial charge in [0, 0.05) is 24.7 Å².